The lowest BCUT2D eigenvalue weighted by molar-refractivity contribution is 0.415. The molecule has 30 heavy (non-hydrogen) atoms. The molecule has 0 amide bonds. The largest absolute Gasteiger partial charge is 0.505 e. The maximum atomic E-state index is 13.5. The van der Waals surface area contributed by atoms with Gasteiger partial charge in [0.1, 0.15) is 21.8 Å². The van der Waals surface area contributed by atoms with Crippen molar-refractivity contribution in [2.24, 2.45) is 0 Å². The van der Waals surface area contributed by atoms with E-state index in [9.17, 15) is 19.1 Å². The van der Waals surface area contributed by atoms with Gasteiger partial charge in [0.2, 0.25) is 0 Å². The van der Waals surface area contributed by atoms with Gasteiger partial charge in [-0.1, -0.05) is 17.8 Å². The van der Waals surface area contributed by atoms with Crippen molar-refractivity contribution in [2.75, 3.05) is 7.11 Å². The first-order chi connectivity index (χ1) is 14.4. The number of methoxy groups -OCH3 is 1. The fourth-order valence-corrected chi connectivity index (χ4v) is 4.96. The van der Waals surface area contributed by atoms with E-state index in [1.165, 1.54) is 25.3 Å². The zero-order chi connectivity index (χ0) is 21.2. The molecule has 0 saturated carbocycles. The topological polar surface area (TPSA) is 81.7 Å². The molecule has 1 unspecified atom stereocenters. The molecule has 1 N–H and O–H groups in total. The molecule has 1 atom stereocenters. The van der Waals surface area contributed by atoms with Gasteiger partial charge in [0.15, 0.2) is 11.3 Å². The van der Waals surface area contributed by atoms with Crippen LogP contribution in [-0.2, 0) is 6.42 Å². The van der Waals surface area contributed by atoms with Crippen LogP contribution in [0.15, 0.2) is 60.2 Å². The Balaban J connectivity index is 1.87. The van der Waals surface area contributed by atoms with Crippen LogP contribution in [0, 0.1) is 5.82 Å². The van der Waals surface area contributed by atoms with E-state index in [-0.39, 0.29) is 21.9 Å². The fourth-order valence-electron chi connectivity index (χ4n) is 4.08. The van der Waals surface area contributed by atoms with Crippen LogP contribution in [0.25, 0.3) is 21.9 Å². The third kappa shape index (κ3) is 2.64. The van der Waals surface area contributed by atoms with Crippen LogP contribution < -0.4 is 15.9 Å². The first-order valence-electron chi connectivity index (χ1n) is 9.27. The van der Waals surface area contributed by atoms with E-state index in [0.29, 0.717) is 28.0 Å². The van der Waals surface area contributed by atoms with Gasteiger partial charge < -0.3 is 18.8 Å². The molecule has 0 bridgehead atoms. The second kappa shape index (κ2) is 6.63. The summed E-state index contributed by atoms with van der Waals surface area (Å²) in [5, 5.41) is 11.4. The predicted molar refractivity (Wildman–Crippen MR) is 111 cm³/mol. The predicted octanol–water partition coefficient (Wildman–Crippen LogP) is 4.23. The Labute approximate surface area is 173 Å². The van der Waals surface area contributed by atoms with Crippen LogP contribution in [-0.4, -0.2) is 16.8 Å². The number of aromatic hydroxyl groups is 1. The number of fused-ring (bicyclic) bond motifs is 2. The van der Waals surface area contributed by atoms with Crippen molar-refractivity contribution in [2.45, 2.75) is 29.2 Å². The monoisotopic (exact) mass is 425 g/mol. The summed E-state index contributed by atoms with van der Waals surface area (Å²) in [5.41, 5.74) is 0.373. The van der Waals surface area contributed by atoms with Crippen LogP contribution in [0.4, 0.5) is 4.39 Å². The average molecular weight is 425 g/mol. The number of benzene rings is 2. The molecule has 2 aromatic heterocycles. The number of aromatic nitrogens is 1. The van der Waals surface area contributed by atoms with Gasteiger partial charge in [0, 0.05) is 16.3 Å². The Hall–Kier alpha value is -3.26. The van der Waals surface area contributed by atoms with Gasteiger partial charge in [-0.2, -0.15) is 0 Å². The van der Waals surface area contributed by atoms with Gasteiger partial charge in [-0.05, 0) is 49.2 Å². The molecule has 0 radical (unpaired) electrons. The van der Waals surface area contributed by atoms with Crippen molar-refractivity contribution in [3.05, 3.63) is 68.6 Å². The van der Waals surface area contributed by atoms with Crippen molar-refractivity contribution >= 4 is 33.6 Å². The molecule has 0 aliphatic carbocycles. The average Bonchev–Trinajstić information content (AvgIpc) is 3.05. The lowest BCUT2D eigenvalue weighted by Gasteiger charge is -2.13. The summed E-state index contributed by atoms with van der Waals surface area (Å²) in [5.74, 6) is -0.370. The van der Waals surface area contributed by atoms with E-state index in [2.05, 4.69) is 0 Å². The standard InChI is InChI=1S/C22H16FNO5S/c1-10-6-11-7-13(28-2)9-15-17(11)24(10)21(26)16-18(25)20(22(27)29-19(15)16)30-14-5-3-4-12(23)8-14/h3-5,7-10,25H,6H2,1-2H3. The minimum Gasteiger partial charge on any atom is -0.505 e. The van der Waals surface area contributed by atoms with Crippen molar-refractivity contribution in [3.8, 4) is 11.5 Å². The lowest BCUT2D eigenvalue weighted by Crippen LogP contribution is -2.22. The first-order valence-corrected chi connectivity index (χ1v) is 10.1. The minimum absolute atomic E-state index is 0.0200. The zero-order valence-electron chi connectivity index (χ0n) is 16.1. The van der Waals surface area contributed by atoms with Crippen LogP contribution >= 0.6 is 11.8 Å². The van der Waals surface area contributed by atoms with Crippen molar-refractivity contribution in [1.29, 1.82) is 0 Å². The van der Waals surface area contributed by atoms with Gasteiger partial charge >= 0.3 is 5.63 Å². The molecular formula is C22H16FNO5S. The number of halogens is 1. The number of rotatable bonds is 3. The molecule has 3 heterocycles. The fraction of sp³-hybridized carbons (Fsp3) is 0.182. The summed E-state index contributed by atoms with van der Waals surface area (Å²) < 4.78 is 26.1. The Morgan fingerprint density at radius 2 is 2.07 bits per heavy atom. The summed E-state index contributed by atoms with van der Waals surface area (Å²) in [4.78, 5) is 26.3. The quantitative estimate of drug-likeness (QED) is 0.495. The zero-order valence-corrected chi connectivity index (χ0v) is 16.9. The highest BCUT2D eigenvalue weighted by atomic mass is 32.2. The second-order valence-corrected chi connectivity index (χ2v) is 8.33. The number of ether oxygens (including phenoxy) is 1. The molecule has 2 aromatic carbocycles. The highest BCUT2D eigenvalue weighted by Gasteiger charge is 2.29. The molecule has 152 valence electrons. The van der Waals surface area contributed by atoms with Crippen LogP contribution in [0.2, 0.25) is 0 Å². The van der Waals surface area contributed by atoms with E-state index in [1.807, 2.05) is 13.0 Å². The SMILES string of the molecule is COc1cc2c3c(c1)c1oc(=O)c(Sc4cccc(F)c4)c(O)c1c(=O)n3C(C)C2. The Bertz CT molecular complexity index is 1470. The molecule has 6 nitrogen and oxygen atoms in total. The molecule has 0 saturated heterocycles. The highest BCUT2D eigenvalue weighted by Crippen LogP contribution is 2.41. The molecule has 0 fully saturated rings. The van der Waals surface area contributed by atoms with E-state index in [4.69, 9.17) is 9.15 Å². The molecule has 4 aromatic rings. The summed E-state index contributed by atoms with van der Waals surface area (Å²) in [7, 11) is 1.53. The molecule has 8 heteroatoms. The Morgan fingerprint density at radius 3 is 2.80 bits per heavy atom. The summed E-state index contributed by atoms with van der Waals surface area (Å²) in [6.45, 7) is 1.91. The van der Waals surface area contributed by atoms with Crippen molar-refractivity contribution in [3.63, 3.8) is 0 Å². The van der Waals surface area contributed by atoms with Gasteiger partial charge in [-0.3, -0.25) is 4.79 Å². The molecular weight excluding hydrogens is 409 g/mol. The van der Waals surface area contributed by atoms with E-state index in [0.717, 1.165) is 17.3 Å². The molecule has 1 aliphatic rings. The van der Waals surface area contributed by atoms with Crippen molar-refractivity contribution in [1.82, 2.24) is 4.57 Å². The van der Waals surface area contributed by atoms with E-state index >= 15 is 0 Å². The van der Waals surface area contributed by atoms with Crippen LogP contribution in [0.5, 0.6) is 11.5 Å². The summed E-state index contributed by atoms with van der Waals surface area (Å²) in [6.07, 6.45) is 0.620. The highest BCUT2D eigenvalue weighted by molar-refractivity contribution is 7.99. The van der Waals surface area contributed by atoms with Crippen LogP contribution in [0.1, 0.15) is 18.5 Å². The van der Waals surface area contributed by atoms with Gasteiger partial charge in [0.05, 0.1) is 12.6 Å². The number of hydrogen-bond donors (Lipinski definition) is 1. The second-order valence-electron chi connectivity index (χ2n) is 7.24. The maximum Gasteiger partial charge on any atom is 0.354 e. The van der Waals surface area contributed by atoms with E-state index < -0.39 is 22.8 Å². The Kier molecular flexibility index (Phi) is 4.14. The molecule has 0 spiro atoms. The first kappa shape index (κ1) is 18.7. The van der Waals surface area contributed by atoms with Crippen molar-refractivity contribution < 1.29 is 18.7 Å². The van der Waals surface area contributed by atoms with Gasteiger partial charge in [-0.25, -0.2) is 9.18 Å². The van der Waals surface area contributed by atoms with Gasteiger partial charge in [-0.15, -0.1) is 0 Å². The molecule has 5 rings (SSSR count). The summed E-state index contributed by atoms with van der Waals surface area (Å²) in [6, 6.07) is 9.03. The lowest BCUT2D eigenvalue weighted by atomic mass is 10.1. The summed E-state index contributed by atoms with van der Waals surface area (Å²) >= 11 is 0.850. The number of nitrogens with zero attached hydrogens (tertiary/aromatic N) is 1. The smallest absolute Gasteiger partial charge is 0.354 e. The minimum atomic E-state index is -0.802. The normalized spacial score (nSPS) is 15.2. The number of hydrogen-bond acceptors (Lipinski definition) is 6. The third-order valence-electron chi connectivity index (χ3n) is 5.35. The number of pyridine rings is 1. The Morgan fingerprint density at radius 1 is 1.27 bits per heavy atom. The molecule has 1 aliphatic heterocycles. The van der Waals surface area contributed by atoms with Gasteiger partial charge in [0.25, 0.3) is 5.56 Å². The van der Waals surface area contributed by atoms with E-state index in [1.54, 1.807) is 16.7 Å². The van der Waals surface area contributed by atoms with Crippen LogP contribution in [0.3, 0.4) is 0 Å². The third-order valence-corrected chi connectivity index (χ3v) is 6.40. The maximum absolute atomic E-state index is 13.5.